The minimum Gasteiger partial charge on any atom is -0.340 e. The summed E-state index contributed by atoms with van der Waals surface area (Å²) in [6.07, 6.45) is 1.82. The molecule has 0 spiro atoms. The molecule has 4 nitrogen and oxygen atoms in total. The Kier molecular flexibility index (Phi) is 4.34. The quantitative estimate of drug-likeness (QED) is 0.748. The van der Waals surface area contributed by atoms with Gasteiger partial charge in [-0.25, -0.2) is 4.98 Å². The zero-order valence-corrected chi connectivity index (χ0v) is 12.8. The second kappa shape index (κ2) is 6.75. The van der Waals surface area contributed by atoms with Crippen LogP contribution in [0.25, 0.3) is 11.1 Å². The van der Waals surface area contributed by atoms with Crippen molar-refractivity contribution in [3.8, 4) is 11.1 Å². The predicted molar refractivity (Wildman–Crippen MR) is 93.7 cm³/mol. The third-order valence-corrected chi connectivity index (χ3v) is 3.33. The molecule has 2 N–H and O–H groups in total. The van der Waals surface area contributed by atoms with E-state index in [2.05, 4.69) is 15.6 Å². The monoisotopic (exact) mass is 303 g/mol. The van der Waals surface area contributed by atoms with Crippen LogP contribution in [0.15, 0.2) is 72.9 Å². The van der Waals surface area contributed by atoms with Crippen LogP contribution in [0.1, 0.15) is 6.92 Å². The first-order chi connectivity index (χ1) is 11.2. The van der Waals surface area contributed by atoms with Gasteiger partial charge in [-0.05, 0) is 42.0 Å². The van der Waals surface area contributed by atoms with Gasteiger partial charge in [-0.2, -0.15) is 0 Å². The van der Waals surface area contributed by atoms with Gasteiger partial charge in [-0.3, -0.25) is 4.79 Å². The molecule has 3 rings (SSSR count). The molecule has 0 fully saturated rings. The number of aromatic nitrogens is 1. The smallest absolute Gasteiger partial charge is 0.221 e. The Hall–Kier alpha value is -3.14. The molecule has 1 aromatic heterocycles. The summed E-state index contributed by atoms with van der Waals surface area (Å²) in [6.45, 7) is 1.50. The molecule has 0 aliphatic carbocycles. The second-order valence-electron chi connectivity index (χ2n) is 5.19. The molecule has 4 heteroatoms. The van der Waals surface area contributed by atoms with Gasteiger partial charge in [0.25, 0.3) is 0 Å². The lowest BCUT2D eigenvalue weighted by Gasteiger charge is -2.08. The van der Waals surface area contributed by atoms with Gasteiger partial charge >= 0.3 is 0 Å². The largest absolute Gasteiger partial charge is 0.340 e. The Morgan fingerprint density at radius 2 is 1.65 bits per heavy atom. The highest BCUT2D eigenvalue weighted by Crippen LogP contribution is 2.23. The Labute approximate surface area is 135 Å². The van der Waals surface area contributed by atoms with E-state index in [1.165, 1.54) is 6.92 Å². The number of carbonyl (C=O) groups excluding carboxylic acids is 1. The molecule has 114 valence electrons. The fraction of sp³-hybridized carbons (Fsp3) is 0.0526. The number of amides is 1. The van der Waals surface area contributed by atoms with Gasteiger partial charge in [-0.1, -0.05) is 30.3 Å². The molecule has 0 unspecified atom stereocenters. The molecule has 1 heterocycles. The first kappa shape index (κ1) is 14.8. The van der Waals surface area contributed by atoms with Crippen molar-refractivity contribution in [2.75, 3.05) is 10.6 Å². The number of benzene rings is 2. The van der Waals surface area contributed by atoms with Crippen LogP contribution in [0.4, 0.5) is 17.2 Å². The summed E-state index contributed by atoms with van der Waals surface area (Å²) in [5.41, 5.74) is 3.78. The Morgan fingerprint density at radius 1 is 0.870 bits per heavy atom. The molecule has 1 amide bonds. The van der Waals surface area contributed by atoms with Gasteiger partial charge in [0.15, 0.2) is 0 Å². The zero-order chi connectivity index (χ0) is 16.1. The van der Waals surface area contributed by atoms with E-state index in [0.717, 1.165) is 28.3 Å². The normalized spacial score (nSPS) is 10.1. The fourth-order valence-corrected chi connectivity index (χ4v) is 2.29. The maximum absolute atomic E-state index is 11.1. The maximum atomic E-state index is 11.1. The predicted octanol–water partition coefficient (Wildman–Crippen LogP) is 4.45. The highest BCUT2D eigenvalue weighted by Gasteiger charge is 2.02. The Balaban J connectivity index is 1.78. The van der Waals surface area contributed by atoms with Crippen LogP contribution < -0.4 is 10.6 Å². The van der Waals surface area contributed by atoms with Crippen molar-refractivity contribution in [3.05, 3.63) is 72.9 Å². The SMILES string of the molecule is CC(=O)Nc1cccc(-c2ccc(Nc3ccccc3)nc2)c1. The van der Waals surface area contributed by atoms with Crippen molar-refractivity contribution >= 4 is 23.1 Å². The molecule has 0 saturated carbocycles. The van der Waals surface area contributed by atoms with Crippen LogP contribution in [-0.4, -0.2) is 10.9 Å². The van der Waals surface area contributed by atoms with Gasteiger partial charge in [-0.15, -0.1) is 0 Å². The summed E-state index contributed by atoms with van der Waals surface area (Å²) in [7, 11) is 0. The third-order valence-electron chi connectivity index (χ3n) is 3.33. The van der Waals surface area contributed by atoms with Crippen LogP contribution >= 0.6 is 0 Å². The molecule has 0 aliphatic heterocycles. The van der Waals surface area contributed by atoms with E-state index >= 15 is 0 Å². The van der Waals surface area contributed by atoms with Crippen molar-refractivity contribution < 1.29 is 4.79 Å². The maximum Gasteiger partial charge on any atom is 0.221 e. The summed E-state index contributed by atoms with van der Waals surface area (Å²) >= 11 is 0. The van der Waals surface area contributed by atoms with Crippen LogP contribution in [0.2, 0.25) is 0 Å². The van der Waals surface area contributed by atoms with Crippen molar-refractivity contribution in [1.29, 1.82) is 0 Å². The second-order valence-corrected chi connectivity index (χ2v) is 5.19. The van der Waals surface area contributed by atoms with Gasteiger partial charge in [0, 0.05) is 30.1 Å². The number of nitrogens with zero attached hydrogens (tertiary/aromatic N) is 1. The zero-order valence-electron chi connectivity index (χ0n) is 12.8. The number of hydrogen-bond acceptors (Lipinski definition) is 3. The molecule has 23 heavy (non-hydrogen) atoms. The Morgan fingerprint density at radius 3 is 2.35 bits per heavy atom. The number of rotatable bonds is 4. The number of nitrogens with one attached hydrogen (secondary N) is 2. The van der Waals surface area contributed by atoms with Gasteiger partial charge in [0.05, 0.1) is 0 Å². The van der Waals surface area contributed by atoms with Crippen LogP contribution in [0.5, 0.6) is 0 Å². The molecule has 0 aliphatic rings. The lowest BCUT2D eigenvalue weighted by Crippen LogP contribution is -2.05. The fourth-order valence-electron chi connectivity index (χ4n) is 2.29. The first-order valence-electron chi connectivity index (χ1n) is 7.37. The highest BCUT2D eigenvalue weighted by atomic mass is 16.1. The first-order valence-corrected chi connectivity index (χ1v) is 7.37. The van der Waals surface area contributed by atoms with E-state index in [1.807, 2.05) is 72.9 Å². The van der Waals surface area contributed by atoms with Gasteiger partial charge in [0.2, 0.25) is 5.91 Å². The highest BCUT2D eigenvalue weighted by molar-refractivity contribution is 5.89. The molecule has 0 bridgehead atoms. The molecule has 0 radical (unpaired) electrons. The topological polar surface area (TPSA) is 54.0 Å². The van der Waals surface area contributed by atoms with Crippen molar-refractivity contribution in [2.24, 2.45) is 0 Å². The summed E-state index contributed by atoms with van der Waals surface area (Å²) < 4.78 is 0. The average molecular weight is 303 g/mol. The van der Waals surface area contributed by atoms with Crippen LogP contribution in [0, 0.1) is 0 Å². The van der Waals surface area contributed by atoms with Crippen molar-refractivity contribution in [1.82, 2.24) is 4.98 Å². The van der Waals surface area contributed by atoms with Gasteiger partial charge < -0.3 is 10.6 Å². The molecule has 0 atom stereocenters. The van der Waals surface area contributed by atoms with E-state index in [9.17, 15) is 4.79 Å². The molecule has 2 aromatic carbocycles. The lowest BCUT2D eigenvalue weighted by atomic mass is 10.1. The number of para-hydroxylation sites is 1. The third kappa shape index (κ3) is 3.95. The van der Waals surface area contributed by atoms with Crippen LogP contribution in [-0.2, 0) is 4.79 Å². The minimum atomic E-state index is -0.0808. The summed E-state index contributed by atoms with van der Waals surface area (Å²) in [6, 6.07) is 21.6. The van der Waals surface area contributed by atoms with E-state index in [4.69, 9.17) is 0 Å². The van der Waals surface area contributed by atoms with E-state index in [0.29, 0.717) is 0 Å². The van der Waals surface area contributed by atoms with Crippen molar-refractivity contribution in [2.45, 2.75) is 6.92 Å². The summed E-state index contributed by atoms with van der Waals surface area (Å²) in [4.78, 5) is 15.6. The molecule has 3 aromatic rings. The molecular weight excluding hydrogens is 286 g/mol. The Bertz CT molecular complexity index is 798. The lowest BCUT2D eigenvalue weighted by molar-refractivity contribution is -0.114. The minimum absolute atomic E-state index is 0.0808. The van der Waals surface area contributed by atoms with E-state index in [1.54, 1.807) is 0 Å². The van der Waals surface area contributed by atoms with E-state index < -0.39 is 0 Å². The summed E-state index contributed by atoms with van der Waals surface area (Å²) in [5, 5.41) is 6.04. The standard InChI is InChI=1S/C19H17N3O/c1-14(23)21-18-9-5-6-15(12-18)16-10-11-19(20-13-16)22-17-7-3-2-4-8-17/h2-13H,1H3,(H,20,22)(H,21,23). The van der Waals surface area contributed by atoms with Crippen molar-refractivity contribution in [3.63, 3.8) is 0 Å². The molecular formula is C19H17N3O. The number of anilines is 3. The number of hydrogen-bond donors (Lipinski definition) is 2. The summed E-state index contributed by atoms with van der Waals surface area (Å²) in [5.74, 6) is 0.709. The average Bonchev–Trinajstić information content (AvgIpc) is 2.56. The van der Waals surface area contributed by atoms with E-state index in [-0.39, 0.29) is 5.91 Å². The number of carbonyl (C=O) groups is 1. The van der Waals surface area contributed by atoms with Crippen LogP contribution in [0.3, 0.4) is 0 Å². The molecule has 0 saturated heterocycles. The number of pyridine rings is 1. The van der Waals surface area contributed by atoms with Gasteiger partial charge in [0.1, 0.15) is 5.82 Å².